The molecule has 4 nitrogen and oxygen atoms in total. The Labute approximate surface area is 104 Å². The predicted octanol–water partition coefficient (Wildman–Crippen LogP) is 1.55. The predicted molar refractivity (Wildman–Crippen MR) is 67.5 cm³/mol. The van der Waals surface area contributed by atoms with Gasteiger partial charge in [-0.1, -0.05) is 13.8 Å². The summed E-state index contributed by atoms with van der Waals surface area (Å²) >= 11 is 0. The normalized spacial score (nSPS) is 22.6. The largest absolute Gasteiger partial charge is 0.303 e. The first-order valence-electron chi connectivity index (χ1n) is 6.56. The zero-order valence-corrected chi connectivity index (χ0v) is 11.3. The minimum absolute atomic E-state index is 0.0499. The monoisotopic (exact) mass is 240 g/mol. The van der Waals surface area contributed by atoms with Crippen molar-refractivity contribution in [1.82, 2.24) is 10.2 Å². The van der Waals surface area contributed by atoms with Crippen molar-refractivity contribution >= 4 is 11.8 Å². The van der Waals surface area contributed by atoms with Gasteiger partial charge >= 0.3 is 0 Å². The summed E-state index contributed by atoms with van der Waals surface area (Å²) in [6, 6.07) is -0.0134. The molecule has 0 radical (unpaired) electrons. The second-order valence-corrected chi connectivity index (χ2v) is 5.27. The molecule has 1 aliphatic rings. The average Bonchev–Trinajstić information content (AvgIpc) is 2.51. The van der Waals surface area contributed by atoms with E-state index in [4.69, 9.17) is 0 Å². The van der Waals surface area contributed by atoms with Gasteiger partial charge in [0.1, 0.15) is 0 Å². The molecule has 0 aromatic heterocycles. The molecular formula is C13H24N2O2. The van der Waals surface area contributed by atoms with Crippen LogP contribution >= 0.6 is 0 Å². The Hall–Kier alpha value is -0.900. The number of hydrogen-bond donors (Lipinski definition) is 1. The SMILES string of the molecule is CCN1C(=O)CC(NC(C)CCC(C)C)C1=O. The molecule has 2 atom stereocenters. The molecule has 2 unspecified atom stereocenters. The Morgan fingerprint density at radius 1 is 1.29 bits per heavy atom. The fourth-order valence-corrected chi connectivity index (χ4v) is 2.16. The van der Waals surface area contributed by atoms with Gasteiger partial charge in [-0.15, -0.1) is 0 Å². The molecule has 1 aliphatic heterocycles. The fourth-order valence-electron chi connectivity index (χ4n) is 2.16. The highest BCUT2D eigenvalue weighted by Crippen LogP contribution is 2.14. The van der Waals surface area contributed by atoms with E-state index >= 15 is 0 Å². The van der Waals surface area contributed by atoms with E-state index < -0.39 is 0 Å². The van der Waals surface area contributed by atoms with Crippen LogP contribution < -0.4 is 5.32 Å². The average molecular weight is 240 g/mol. The Morgan fingerprint density at radius 2 is 1.94 bits per heavy atom. The maximum Gasteiger partial charge on any atom is 0.246 e. The lowest BCUT2D eigenvalue weighted by atomic mass is 10.0. The lowest BCUT2D eigenvalue weighted by Gasteiger charge is -2.19. The fraction of sp³-hybridized carbons (Fsp3) is 0.846. The second-order valence-electron chi connectivity index (χ2n) is 5.27. The van der Waals surface area contributed by atoms with Crippen molar-refractivity contribution in [3.8, 4) is 0 Å². The van der Waals surface area contributed by atoms with Gasteiger partial charge < -0.3 is 5.32 Å². The van der Waals surface area contributed by atoms with Crippen molar-refractivity contribution in [2.75, 3.05) is 6.54 Å². The van der Waals surface area contributed by atoms with E-state index in [1.807, 2.05) is 6.92 Å². The van der Waals surface area contributed by atoms with Crippen LogP contribution in [0, 0.1) is 5.92 Å². The summed E-state index contributed by atoms with van der Waals surface area (Å²) in [7, 11) is 0. The van der Waals surface area contributed by atoms with Gasteiger partial charge in [-0.3, -0.25) is 14.5 Å². The quantitative estimate of drug-likeness (QED) is 0.717. The van der Waals surface area contributed by atoms with E-state index in [-0.39, 0.29) is 23.9 Å². The van der Waals surface area contributed by atoms with Crippen LogP contribution in [0.15, 0.2) is 0 Å². The topological polar surface area (TPSA) is 49.4 Å². The van der Waals surface area contributed by atoms with Crippen LogP contribution in [-0.2, 0) is 9.59 Å². The third kappa shape index (κ3) is 3.80. The van der Waals surface area contributed by atoms with E-state index in [9.17, 15) is 9.59 Å². The van der Waals surface area contributed by atoms with E-state index in [0.29, 0.717) is 18.9 Å². The number of amides is 2. The number of carbonyl (C=O) groups excluding carboxylic acids is 2. The summed E-state index contributed by atoms with van der Waals surface area (Å²) in [5.41, 5.74) is 0. The second kappa shape index (κ2) is 6.15. The standard InChI is InChI=1S/C13H24N2O2/c1-5-15-12(16)8-11(13(15)17)14-10(4)7-6-9(2)3/h9-11,14H,5-8H2,1-4H3. The number of carbonyl (C=O) groups is 2. The van der Waals surface area contributed by atoms with Crippen molar-refractivity contribution in [3.63, 3.8) is 0 Å². The van der Waals surface area contributed by atoms with Crippen LogP contribution in [0.4, 0.5) is 0 Å². The summed E-state index contributed by atoms with van der Waals surface area (Å²) in [6.45, 7) is 8.77. The molecule has 2 amide bonds. The summed E-state index contributed by atoms with van der Waals surface area (Å²) in [6.07, 6.45) is 2.50. The van der Waals surface area contributed by atoms with E-state index in [2.05, 4.69) is 26.1 Å². The van der Waals surface area contributed by atoms with Crippen LogP contribution in [0.25, 0.3) is 0 Å². The molecular weight excluding hydrogens is 216 g/mol. The molecule has 4 heteroatoms. The number of rotatable bonds is 6. The highest BCUT2D eigenvalue weighted by Gasteiger charge is 2.37. The molecule has 0 aromatic carbocycles. The highest BCUT2D eigenvalue weighted by atomic mass is 16.2. The third-order valence-corrected chi connectivity index (χ3v) is 3.22. The maximum atomic E-state index is 11.9. The van der Waals surface area contributed by atoms with Crippen LogP contribution in [0.2, 0.25) is 0 Å². The first-order valence-corrected chi connectivity index (χ1v) is 6.56. The van der Waals surface area contributed by atoms with Crippen molar-refractivity contribution in [2.45, 2.75) is 59.0 Å². The van der Waals surface area contributed by atoms with E-state index in [1.54, 1.807) is 0 Å². The molecule has 0 spiro atoms. The molecule has 0 bridgehead atoms. The number of nitrogens with one attached hydrogen (secondary N) is 1. The summed E-state index contributed by atoms with van der Waals surface area (Å²) in [5, 5.41) is 3.27. The number of likely N-dealkylation sites (N-methyl/N-ethyl adjacent to an activating group) is 1. The lowest BCUT2D eigenvalue weighted by molar-refractivity contribution is -0.138. The highest BCUT2D eigenvalue weighted by molar-refractivity contribution is 6.05. The third-order valence-electron chi connectivity index (χ3n) is 3.22. The van der Waals surface area contributed by atoms with Gasteiger partial charge in [0, 0.05) is 12.6 Å². The number of imide groups is 1. The first kappa shape index (κ1) is 14.2. The Balaban J connectivity index is 2.42. The van der Waals surface area contributed by atoms with Gasteiger partial charge in [0.2, 0.25) is 11.8 Å². The van der Waals surface area contributed by atoms with Crippen LogP contribution in [0.3, 0.4) is 0 Å². The molecule has 1 fully saturated rings. The molecule has 1 rings (SSSR count). The molecule has 0 aliphatic carbocycles. The van der Waals surface area contributed by atoms with E-state index in [1.165, 1.54) is 4.90 Å². The van der Waals surface area contributed by atoms with Gasteiger partial charge in [-0.05, 0) is 32.6 Å². The van der Waals surface area contributed by atoms with Gasteiger partial charge in [0.05, 0.1) is 12.5 Å². The summed E-state index contributed by atoms with van der Waals surface area (Å²) < 4.78 is 0. The van der Waals surface area contributed by atoms with Crippen molar-refractivity contribution in [2.24, 2.45) is 5.92 Å². The van der Waals surface area contributed by atoms with Crippen molar-refractivity contribution < 1.29 is 9.59 Å². The van der Waals surface area contributed by atoms with Crippen molar-refractivity contribution in [3.05, 3.63) is 0 Å². The molecule has 98 valence electrons. The number of nitrogens with zero attached hydrogens (tertiary/aromatic N) is 1. The number of hydrogen-bond acceptors (Lipinski definition) is 3. The van der Waals surface area contributed by atoms with E-state index in [0.717, 1.165) is 12.8 Å². The van der Waals surface area contributed by atoms with Crippen LogP contribution in [0.1, 0.15) is 47.0 Å². The summed E-state index contributed by atoms with van der Waals surface area (Å²) in [5.74, 6) is 0.562. The first-order chi connectivity index (χ1) is 7.95. The smallest absolute Gasteiger partial charge is 0.246 e. The number of likely N-dealkylation sites (tertiary alicyclic amines) is 1. The molecule has 1 saturated heterocycles. The zero-order chi connectivity index (χ0) is 13.0. The molecule has 0 aromatic rings. The van der Waals surface area contributed by atoms with Gasteiger partial charge in [-0.25, -0.2) is 0 Å². The Morgan fingerprint density at radius 3 is 2.41 bits per heavy atom. The molecule has 0 saturated carbocycles. The Bertz CT molecular complexity index is 289. The summed E-state index contributed by atoms with van der Waals surface area (Å²) in [4.78, 5) is 24.7. The Kier molecular flexibility index (Phi) is 5.12. The molecule has 1 N–H and O–H groups in total. The van der Waals surface area contributed by atoms with Gasteiger partial charge in [-0.2, -0.15) is 0 Å². The van der Waals surface area contributed by atoms with Gasteiger partial charge in [0.15, 0.2) is 0 Å². The van der Waals surface area contributed by atoms with Crippen LogP contribution in [-0.4, -0.2) is 35.3 Å². The molecule has 1 heterocycles. The van der Waals surface area contributed by atoms with Gasteiger partial charge in [0.25, 0.3) is 0 Å². The lowest BCUT2D eigenvalue weighted by Crippen LogP contribution is -2.42. The van der Waals surface area contributed by atoms with Crippen molar-refractivity contribution in [1.29, 1.82) is 0 Å². The minimum Gasteiger partial charge on any atom is -0.303 e. The zero-order valence-electron chi connectivity index (χ0n) is 11.3. The molecule has 17 heavy (non-hydrogen) atoms. The minimum atomic E-state index is -0.301. The van der Waals surface area contributed by atoms with Crippen LogP contribution in [0.5, 0.6) is 0 Å². The maximum absolute atomic E-state index is 11.9.